The summed E-state index contributed by atoms with van der Waals surface area (Å²) in [6.07, 6.45) is 4.81. The fraction of sp³-hybridized carbons (Fsp3) is 0.625. The van der Waals surface area contributed by atoms with Gasteiger partial charge in [0.05, 0.1) is 6.10 Å². The maximum absolute atomic E-state index is 13.0. The van der Waals surface area contributed by atoms with Crippen molar-refractivity contribution < 1.29 is 18.5 Å². The first-order valence-corrected chi connectivity index (χ1v) is 17.0. The van der Waals surface area contributed by atoms with Crippen molar-refractivity contribution in [1.29, 1.82) is 0 Å². The monoisotopic (exact) mass is 583 g/mol. The largest absolute Gasteiger partial charge is 0.756 e. The minimum Gasteiger partial charge on any atom is -0.756 e. The number of likely N-dealkylation sites (N-methyl/N-ethyl adjacent to an activating group) is 1. The van der Waals surface area contributed by atoms with Crippen molar-refractivity contribution in [3.05, 3.63) is 71.8 Å². The summed E-state index contributed by atoms with van der Waals surface area (Å²) in [6, 6.07) is 21.2. The zero-order chi connectivity index (χ0) is 28.5. The summed E-state index contributed by atoms with van der Waals surface area (Å²) < 4.78 is 24.2. The topological polar surface area (TPSA) is 71.6 Å². The van der Waals surface area contributed by atoms with Gasteiger partial charge in [-0.15, -0.1) is 0 Å². The Hall–Kier alpha value is -1.61. The number of phosphoric ester groups is 1. The second-order valence-electron chi connectivity index (χ2n) is 12.1. The van der Waals surface area contributed by atoms with E-state index >= 15 is 0 Å². The van der Waals surface area contributed by atoms with E-state index < -0.39 is 7.82 Å². The van der Waals surface area contributed by atoms with Gasteiger partial charge in [0.15, 0.2) is 0 Å². The Morgan fingerprint density at radius 2 is 1.29 bits per heavy atom. The molecule has 2 aliphatic heterocycles. The maximum Gasteiger partial charge on any atom is 0.269 e. The number of hydrogen-bond donors (Lipinski definition) is 0. The minimum atomic E-state index is -4.43. The first-order chi connectivity index (χ1) is 19.9. The number of nitrogens with zero attached hydrogens (tertiary/aromatic N) is 4. The first kappa shape index (κ1) is 30.8. The van der Waals surface area contributed by atoms with Gasteiger partial charge in [-0.05, 0) is 76.3 Å². The highest BCUT2D eigenvalue weighted by molar-refractivity contribution is 7.45. The highest BCUT2D eigenvalue weighted by Gasteiger charge is 2.39. The Balaban J connectivity index is 1.15. The molecule has 2 aromatic carbocycles. The van der Waals surface area contributed by atoms with Crippen molar-refractivity contribution in [2.75, 3.05) is 79.2 Å². The lowest BCUT2D eigenvalue weighted by Crippen LogP contribution is -2.46. The molecule has 0 amide bonds. The van der Waals surface area contributed by atoms with Crippen LogP contribution in [0.3, 0.4) is 0 Å². The van der Waals surface area contributed by atoms with Gasteiger partial charge in [0.25, 0.3) is 7.82 Å². The van der Waals surface area contributed by atoms with Crippen molar-refractivity contribution in [3.8, 4) is 0 Å². The molecule has 5 rings (SSSR count). The number of hydrogen-bond acceptors (Lipinski definition) is 8. The molecule has 2 heterocycles. The van der Waals surface area contributed by atoms with Crippen molar-refractivity contribution in [2.45, 2.75) is 50.0 Å². The van der Waals surface area contributed by atoms with Crippen molar-refractivity contribution in [2.24, 2.45) is 0 Å². The molecule has 2 aromatic rings. The molecule has 3 unspecified atom stereocenters. The Bertz CT molecular complexity index is 1060. The van der Waals surface area contributed by atoms with Gasteiger partial charge in [-0.1, -0.05) is 60.7 Å². The average Bonchev–Trinajstić information content (AvgIpc) is 3.00. The normalized spacial score (nSPS) is 27.2. The molecule has 3 fully saturated rings. The third kappa shape index (κ3) is 8.71. The lowest BCUT2D eigenvalue weighted by Gasteiger charge is -2.42. The van der Waals surface area contributed by atoms with Crippen LogP contribution < -0.4 is 4.89 Å². The Kier molecular flexibility index (Phi) is 11.1. The molecule has 0 N–H and O–H groups in total. The van der Waals surface area contributed by atoms with Crippen LogP contribution in [-0.2, 0) is 19.0 Å². The number of rotatable bonds is 7. The summed E-state index contributed by atoms with van der Waals surface area (Å²) >= 11 is 0. The van der Waals surface area contributed by atoms with E-state index in [1.807, 2.05) is 12.1 Å². The lowest BCUT2D eigenvalue weighted by molar-refractivity contribution is -0.234. The van der Waals surface area contributed by atoms with Crippen LogP contribution in [0.1, 0.15) is 49.7 Å². The fourth-order valence-electron chi connectivity index (χ4n) is 6.80. The predicted octanol–water partition coefficient (Wildman–Crippen LogP) is 4.02. The standard InChI is InChI=1S/C32H49N4O4P/c1-33-18-8-19-35-25-24-34(23-22-33)20-9-21-36(27-26-35)28-39-41(37,38)40-31-14-16-32(17-15-31,29-10-4-2-5-11-29)30-12-6-3-7-13-30/h2-7,10-13,31H,8-9,14-28H2,1H3,(H,37,38)/p-1. The smallest absolute Gasteiger partial charge is 0.269 e. The summed E-state index contributed by atoms with van der Waals surface area (Å²) in [7, 11) is -2.21. The van der Waals surface area contributed by atoms with Gasteiger partial charge in [-0.2, -0.15) is 0 Å². The summed E-state index contributed by atoms with van der Waals surface area (Å²) in [4.78, 5) is 22.6. The fourth-order valence-corrected chi connectivity index (χ4v) is 7.74. The third-order valence-electron chi connectivity index (χ3n) is 9.34. The molecule has 2 bridgehead atoms. The molecular weight excluding hydrogens is 535 g/mol. The van der Waals surface area contributed by atoms with Gasteiger partial charge in [0.1, 0.15) is 6.73 Å². The maximum atomic E-state index is 13.0. The quantitative estimate of drug-likeness (QED) is 0.453. The van der Waals surface area contributed by atoms with E-state index in [0.717, 1.165) is 91.1 Å². The van der Waals surface area contributed by atoms with Crippen molar-refractivity contribution in [3.63, 3.8) is 0 Å². The van der Waals surface area contributed by atoms with Crippen LogP contribution in [0.2, 0.25) is 0 Å². The summed E-state index contributed by atoms with van der Waals surface area (Å²) in [5.74, 6) is 0. The van der Waals surface area contributed by atoms with Crippen molar-refractivity contribution >= 4 is 7.82 Å². The molecule has 3 aliphatic rings. The number of benzene rings is 2. The summed E-state index contributed by atoms with van der Waals surface area (Å²) in [6.45, 7) is 10.2. The van der Waals surface area contributed by atoms with E-state index in [-0.39, 0.29) is 18.2 Å². The molecule has 3 atom stereocenters. The summed E-state index contributed by atoms with van der Waals surface area (Å²) in [5, 5.41) is 0. The van der Waals surface area contributed by atoms with Crippen LogP contribution in [-0.4, -0.2) is 105 Å². The molecule has 1 aliphatic carbocycles. The zero-order valence-electron chi connectivity index (χ0n) is 24.7. The van der Waals surface area contributed by atoms with Gasteiger partial charge in [0, 0.05) is 51.2 Å². The number of phosphoric acid groups is 1. The third-order valence-corrected chi connectivity index (χ3v) is 10.3. The van der Waals surface area contributed by atoms with Crippen molar-refractivity contribution in [1.82, 2.24) is 19.6 Å². The molecule has 226 valence electrons. The SMILES string of the molecule is CN1CCCN2CCN(CCCN(COP(=O)([O-])OC3CCC(c4ccccc4)(c4ccccc4)CC3)CC2)CC1. The van der Waals surface area contributed by atoms with E-state index in [0.29, 0.717) is 12.8 Å². The number of fused-ring (bicyclic) bond motifs is 3. The van der Waals surface area contributed by atoms with Gasteiger partial charge < -0.3 is 28.6 Å². The van der Waals surface area contributed by atoms with Crippen LogP contribution >= 0.6 is 7.82 Å². The van der Waals surface area contributed by atoms with E-state index in [9.17, 15) is 9.46 Å². The summed E-state index contributed by atoms with van der Waals surface area (Å²) in [5.41, 5.74) is 2.43. The molecule has 2 saturated heterocycles. The Morgan fingerprint density at radius 1 is 0.756 bits per heavy atom. The lowest BCUT2D eigenvalue weighted by atomic mass is 9.65. The molecular formula is C32H48N4O4P-. The molecule has 41 heavy (non-hydrogen) atoms. The van der Waals surface area contributed by atoms with Crippen LogP contribution in [0.4, 0.5) is 0 Å². The first-order valence-electron chi connectivity index (χ1n) is 15.5. The van der Waals surface area contributed by atoms with E-state index in [1.54, 1.807) is 0 Å². The van der Waals surface area contributed by atoms with Crippen LogP contribution in [0.5, 0.6) is 0 Å². The molecule has 0 radical (unpaired) electrons. The van der Waals surface area contributed by atoms with Gasteiger partial charge in [-0.3, -0.25) is 9.46 Å². The molecule has 0 spiro atoms. The van der Waals surface area contributed by atoms with E-state index in [1.165, 1.54) is 11.1 Å². The van der Waals surface area contributed by atoms with Crippen LogP contribution in [0.15, 0.2) is 60.7 Å². The second kappa shape index (κ2) is 14.7. The zero-order valence-corrected chi connectivity index (χ0v) is 25.6. The molecule has 9 heteroatoms. The molecule has 0 aromatic heterocycles. The van der Waals surface area contributed by atoms with Gasteiger partial charge in [-0.25, -0.2) is 0 Å². The Labute approximate surface area is 246 Å². The van der Waals surface area contributed by atoms with Crippen LogP contribution in [0.25, 0.3) is 0 Å². The van der Waals surface area contributed by atoms with Gasteiger partial charge >= 0.3 is 0 Å². The Morgan fingerprint density at radius 3 is 1.90 bits per heavy atom. The average molecular weight is 584 g/mol. The molecule has 1 saturated carbocycles. The van der Waals surface area contributed by atoms with E-state index in [2.05, 4.69) is 75.2 Å². The highest BCUT2D eigenvalue weighted by atomic mass is 31.2. The minimum absolute atomic E-state index is 0.0576. The van der Waals surface area contributed by atoms with Gasteiger partial charge in [0.2, 0.25) is 0 Å². The predicted molar refractivity (Wildman–Crippen MR) is 162 cm³/mol. The van der Waals surface area contributed by atoms with E-state index in [4.69, 9.17) is 9.05 Å². The highest BCUT2D eigenvalue weighted by Crippen LogP contribution is 2.49. The molecule has 8 nitrogen and oxygen atoms in total. The second-order valence-corrected chi connectivity index (χ2v) is 13.5. The van der Waals surface area contributed by atoms with Crippen LogP contribution in [0, 0.1) is 0 Å².